The van der Waals surface area contributed by atoms with E-state index in [1.807, 2.05) is 24.4 Å². The molecular weight excluding hydrogens is 266 g/mol. The van der Waals surface area contributed by atoms with Gasteiger partial charge in [-0.1, -0.05) is 12.8 Å². The third-order valence-corrected chi connectivity index (χ3v) is 3.94. The highest BCUT2D eigenvalue weighted by Gasteiger charge is 2.24. The maximum atomic E-state index is 12.2. The van der Waals surface area contributed by atoms with Gasteiger partial charge in [0.15, 0.2) is 0 Å². The average Bonchev–Trinajstić information content (AvgIpc) is 3.04. The molecule has 0 spiro atoms. The number of hydrogen-bond acceptors (Lipinski definition) is 3. The van der Waals surface area contributed by atoms with Crippen LogP contribution in [0, 0.1) is 0 Å². The second kappa shape index (κ2) is 6.10. The Bertz CT molecular complexity index is 592. The SMILES string of the molecule is O=C(N[C@H]1CCCC[C@@H]1O)c1ccc(-n2cccn2)cc1. The minimum atomic E-state index is -0.425. The van der Waals surface area contributed by atoms with Crippen molar-refractivity contribution in [1.82, 2.24) is 15.1 Å². The van der Waals surface area contributed by atoms with E-state index in [9.17, 15) is 9.90 Å². The molecule has 21 heavy (non-hydrogen) atoms. The highest BCUT2D eigenvalue weighted by Crippen LogP contribution is 2.19. The van der Waals surface area contributed by atoms with Gasteiger partial charge in [-0.25, -0.2) is 4.68 Å². The van der Waals surface area contributed by atoms with Crippen molar-refractivity contribution in [2.45, 2.75) is 37.8 Å². The van der Waals surface area contributed by atoms with Crippen molar-refractivity contribution < 1.29 is 9.90 Å². The van der Waals surface area contributed by atoms with Crippen LogP contribution >= 0.6 is 0 Å². The lowest BCUT2D eigenvalue weighted by Gasteiger charge is -2.28. The fourth-order valence-corrected chi connectivity index (χ4v) is 2.72. The predicted molar refractivity (Wildman–Crippen MR) is 79.3 cm³/mol. The Labute approximate surface area is 123 Å². The van der Waals surface area contributed by atoms with Gasteiger partial charge in [-0.05, 0) is 43.2 Å². The summed E-state index contributed by atoms with van der Waals surface area (Å²) in [6.07, 6.45) is 6.85. The van der Waals surface area contributed by atoms with Gasteiger partial charge >= 0.3 is 0 Å². The summed E-state index contributed by atoms with van der Waals surface area (Å²) in [6, 6.07) is 9.00. The van der Waals surface area contributed by atoms with Crippen molar-refractivity contribution >= 4 is 5.91 Å². The van der Waals surface area contributed by atoms with Crippen molar-refractivity contribution in [1.29, 1.82) is 0 Å². The summed E-state index contributed by atoms with van der Waals surface area (Å²) in [4.78, 5) is 12.2. The van der Waals surface area contributed by atoms with Gasteiger partial charge in [0.05, 0.1) is 17.8 Å². The number of carbonyl (C=O) groups excluding carboxylic acids is 1. The van der Waals surface area contributed by atoms with Gasteiger partial charge in [-0.2, -0.15) is 5.10 Å². The molecular formula is C16H19N3O2. The van der Waals surface area contributed by atoms with Crippen LogP contribution in [0.4, 0.5) is 0 Å². The van der Waals surface area contributed by atoms with Crippen LogP contribution in [0.25, 0.3) is 5.69 Å². The van der Waals surface area contributed by atoms with E-state index in [2.05, 4.69) is 10.4 Å². The molecule has 0 radical (unpaired) electrons. The Morgan fingerprint density at radius 3 is 2.67 bits per heavy atom. The maximum Gasteiger partial charge on any atom is 0.251 e. The average molecular weight is 285 g/mol. The molecule has 0 bridgehead atoms. The number of amides is 1. The highest BCUT2D eigenvalue weighted by atomic mass is 16.3. The maximum absolute atomic E-state index is 12.2. The Morgan fingerprint density at radius 1 is 1.24 bits per heavy atom. The number of hydrogen-bond donors (Lipinski definition) is 2. The minimum Gasteiger partial charge on any atom is -0.391 e. The Balaban J connectivity index is 1.67. The summed E-state index contributed by atoms with van der Waals surface area (Å²) in [5.41, 5.74) is 1.51. The molecule has 5 heteroatoms. The van der Waals surface area contributed by atoms with E-state index < -0.39 is 6.10 Å². The zero-order valence-corrected chi connectivity index (χ0v) is 11.8. The molecule has 3 rings (SSSR count). The van der Waals surface area contributed by atoms with E-state index in [-0.39, 0.29) is 11.9 Å². The zero-order valence-electron chi connectivity index (χ0n) is 11.8. The van der Waals surface area contributed by atoms with Gasteiger partial charge in [0.25, 0.3) is 5.91 Å². The number of rotatable bonds is 3. The number of aliphatic hydroxyl groups is 1. The lowest BCUT2D eigenvalue weighted by atomic mass is 9.92. The van der Waals surface area contributed by atoms with Gasteiger partial charge < -0.3 is 10.4 Å². The Morgan fingerprint density at radius 2 is 2.00 bits per heavy atom. The molecule has 110 valence electrons. The standard InChI is InChI=1S/C16H19N3O2/c20-15-5-2-1-4-14(15)18-16(21)12-6-8-13(9-7-12)19-11-3-10-17-19/h3,6-11,14-15,20H,1-2,4-5H2,(H,18,21)/t14-,15-/m0/s1. The number of carbonyl (C=O) groups is 1. The van der Waals surface area contributed by atoms with Crippen molar-refractivity contribution in [2.24, 2.45) is 0 Å². The molecule has 0 saturated heterocycles. The first-order chi connectivity index (χ1) is 10.2. The summed E-state index contributed by atoms with van der Waals surface area (Å²) < 4.78 is 1.74. The molecule has 2 aromatic rings. The summed E-state index contributed by atoms with van der Waals surface area (Å²) in [5.74, 6) is -0.132. The first-order valence-electron chi connectivity index (χ1n) is 7.33. The van der Waals surface area contributed by atoms with E-state index >= 15 is 0 Å². The van der Waals surface area contributed by atoms with Crippen LogP contribution in [0.1, 0.15) is 36.0 Å². The summed E-state index contributed by atoms with van der Waals surface area (Å²) in [6.45, 7) is 0. The summed E-state index contributed by atoms with van der Waals surface area (Å²) in [5, 5.41) is 17.0. The third kappa shape index (κ3) is 3.13. The molecule has 1 aliphatic rings. The number of aromatic nitrogens is 2. The molecule has 1 saturated carbocycles. The van der Waals surface area contributed by atoms with Crippen LogP contribution < -0.4 is 5.32 Å². The largest absolute Gasteiger partial charge is 0.391 e. The van der Waals surface area contributed by atoms with Crippen LogP contribution in [-0.2, 0) is 0 Å². The molecule has 1 aromatic heterocycles. The van der Waals surface area contributed by atoms with Crippen molar-refractivity contribution in [3.63, 3.8) is 0 Å². The fourth-order valence-electron chi connectivity index (χ4n) is 2.72. The lowest BCUT2D eigenvalue weighted by molar-refractivity contribution is 0.0717. The predicted octanol–water partition coefficient (Wildman–Crippen LogP) is 1.91. The molecule has 1 heterocycles. The van der Waals surface area contributed by atoms with Crippen molar-refractivity contribution in [3.05, 3.63) is 48.3 Å². The molecule has 2 atom stereocenters. The van der Waals surface area contributed by atoms with Gasteiger partial charge in [0, 0.05) is 18.0 Å². The zero-order chi connectivity index (χ0) is 14.7. The molecule has 0 aliphatic heterocycles. The van der Waals surface area contributed by atoms with Crippen molar-refractivity contribution in [2.75, 3.05) is 0 Å². The number of nitrogens with zero attached hydrogens (tertiary/aromatic N) is 2. The van der Waals surface area contributed by atoms with E-state index in [4.69, 9.17) is 0 Å². The van der Waals surface area contributed by atoms with Crippen molar-refractivity contribution in [3.8, 4) is 5.69 Å². The van der Waals surface area contributed by atoms with Gasteiger partial charge in [0.2, 0.25) is 0 Å². The van der Waals surface area contributed by atoms with E-state index in [0.29, 0.717) is 5.56 Å². The minimum absolute atomic E-state index is 0.128. The smallest absolute Gasteiger partial charge is 0.251 e. The molecule has 1 amide bonds. The molecule has 1 aromatic carbocycles. The second-order valence-electron chi connectivity index (χ2n) is 5.43. The molecule has 5 nitrogen and oxygen atoms in total. The quantitative estimate of drug-likeness (QED) is 0.905. The Kier molecular flexibility index (Phi) is 4.01. The molecule has 0 unspecified atom stereocenters. The summed E-state index contributed by atoms with van der Waals surface area (Å²) >= 11 is 0. The van der Waals surface area contributed by atoms with E-state index in [1.165, 1.54) is 0 Å². The second-order valence-corrected chi connectivity index (χ2v) is 5.43. The lowest BCUT2D eigenvalue weighted by Crippen LogP contribution is -2.45. The van der Waals surface area contributed by atoms with Crippen LogP contribution in [-0.4, -0.2) is 32.9 Å². The number of aliphatic hydroxyl groups excluding tert-OH is 1. The van der Waals surface area contributed by atoms with E-state index in [1.54, 1.807) is 23.0 Å². The third-order valence-electron chi connectivity index (χ3n) is 3.94. The fraction of sp³-hybridized carbons (Fsp3) is 0.375. The number of nitrogens with one attached hydrogen (secondary N) is 1. The first-order valence-corrected chi connectivity index (χ1v) is 7.33. The number of benzene rings is 1. The molecule has 2 N–H and O–H groups in total. The monoisotopic (exact) mass is 285 g/mol. The van der Waals surface area contributed by atoms with Gasteiger partial charge in [-0.15, -0.1) is 0 Å². The van der Waals surface area contributed by atoms with Crippen LogP contribution in [0.15, 0.2) is 42.7 Å². The molecule has 1 fully saturated rings. The molecule has 1 aliphatic carbocycles. The highest BCUT2D eigenvalue weighted by molar-refractivity contribution is 5.94. The Hall–Kier alpha value is -2.14. The van der Waals surface area contributed by atoms with Crippen LogP contribution in [0.5, 0.6) is 0 Å². The topological polar surface area (TPSA) is 67.2 Å². The summed E-state index contributed by atoms with van der Waals surface area (Å²) in [7, 11) is 0. The normalized spacial score (nSPS) is 22.0. The van der Waals surface area contributed by atoms with Crippen LogP contribution in [0.3, 0.4) is 0 Å². The van der Waals surface area contributed by atoms with E-state index in [0.717, 1.165) is 31.4 Å². The van der Waals surface area contributed by atoms with Gasteiger partial charge in [-0.3, -0.25) is 4.79 Å². The van der Waals surface area contributed by atoms with Gasteiger partial charge in [0.1, 0.15) is 0 Å². The first kappa shape index (κ1) is 13.8. The van der Waals surface area contributed by atoms with Crippen LogP contribution in [0.2, 0.25) is 0 Å².